The van der Waals surface area contributed by atoms with Crippen LogP contribution in [-0.2, 0) is 26.8 Å². The average molecular weight is 544 g/mol. The zero-order chi connectivity index (χ0) is 29.5. The molecule has 0 aliphatic heterocycles. The Balaban J connectivity index is 1.49. The molecule has 212 valence electrons. The number of carbonyl (C=O) groups is 2. The Morgan fingerprint density at radius 2 is 1.45 bits per heavy atom. The van der Waals surface area contributed by atoms with Crippen LogP contribution in [0.25, 0.3) is 0 Å². The van der Waals surface area contributed by atoms with Crippen molar-refractivity contribution in [3.63, 3.8) is 0 Å². The van der Waals surface area contributed by atoms with E-state index in [9.17, 15) is 14.7 Å². The largest absolute Gasteiger partial charge is 0.507 e. The second-order valence-corrected chi connectivity index (χ2v) is 12.1. The quantitative estimate of drug-likeness (QED) is 0.215. The van der Waals surface area contributed by atoms with Gasteiger partial charge in [-0.1, -0.05) is 71.4 Å². The molecule has 2 amide bonds. The molecule has 0 aliphatic rings. The van der Waals surface area contributed by atoms with Gasteiger partial charge in [-0.25, -0.2) is 5.43 Å². The Kier molecular flexibility index (Phi) is 9.74. The number of phenols is 1. The van der Waals surface area contributed by atoms with Crippen molar-refractivity contribution in [2.45, 2.75) is 72.1 Å². The molecule has 7 nitrogen and oxygen atoms in total. The predicted molar refractivity (Wildman–Crippen MR) is 161 cm³/mol. The van der Waals surface area contributed by atoms with Gasteiger partial charge in [-0.2, -0.15) is 5.10 Å². The third-order valence-corrected chi connectivity index (χ3v) is 6.41. The molecule has 0 heterocycles. The topological polar surface area (TPSA) is 100 Å². The SMILES string of the molecule is Cc1ccc(NC(=O)COc2ccc(/C=N\NC(=O)CCc3cc(C(C)(C)C)c(O)c(C(C)(C)C)c3)cc2)cc1. The fraction of sp³-hybridized carbons (Fsp3) is 0.364. The molecule has 40 heavy (non-hydrogen) atoms. The van der Waals surface area contributed by atoms with Crippen LogP contribution in [0.5, 0.6) is 11.5 Å². The number of nitrogens with one attached hydrogen (secondary N) is 2. The minimum atomic E-state index is -0.242. The van der Waals surface area contributed by atoms with E-state index in [0.29, 0.717) is 17.9 Å². The summed E-state index contributed by atoms with van der Waals surface area (Å²) in [5.74, 6) is 0.449. The lowest BCUT2D eigenvalue weighted by Gasteiger charge is -2.28. The van der Waals surface area contributed by atoms with E-state index in [-0.39, 0.29) is 35.7 Å². The summed E-state index contributed by atoms with van der Waals surface area (Å²) in [6.07, 6.45) is 2.37. The number of aryl methyl sites for hydroxylation is 2. The van der Waals surface area contributed by atoms with Crippen LogP contribution in [0.15, 0.2) is 65.8 Å². The molecule has 0 aliphatic carbocycles. The van der Waals surface area contributed by atoms with E-state index in [1.807, 2.05) is 43.3 Å². The van der Waals surface area contributed by atoms with Crippen LogP contribution in [0, 0.1) is 6.92 Å². The van der Waals surface area contributed by atoms with Crippen LogP contribution >= 0.6 is 0 Å². The molecule has 0 aromatic heterocycles. The van der Waals surface area contributed by atoms with Crippen molar-refractivity contribution < 1.29 is 19.4 Å². The molecule has 0 saturated heterocycles. The minimum absolute atomic E-state index is 0.104. The summed E-state index contributed by atoms with van der Waals surface area (Å²) < 4.78 is 5.56. The lowest BCUT2D eigenvalue weighted by atomic mass is 9.78. The monoisotopic (exact) mass is 543 g/mol. The summed E-state index contributed by atoms with van der Waals surface area (Å²) in [6, 6.07) is 18.6. The molecule has 0 saturated carbocycles. The number of anilines is 1. The first-order valence-electron chi connectivity index (χ1n) is 13.5. The third-order valence-electron chi connectivity index (χ3n) is 6.41. The summed E-state index contributed by atoms with van der Waals surface area (Å²) in [4.78, 5) is 24.6. The van der Waals surface area contributed by atoms with Crippen LogP contribution in [0.3, 0.4) is 0 Å². The Hall–Kier alpha value is -4.13. The fourth-order valence-electron chi connectivity index (χ4n) is 4.11. The van der Waals surface area contributed by atoms with Crippen LogP contribution in [0.2, 0.25) is 0 Å². The third kappa shape index (κ3) is 8.97. The maximum absolute atomic E-state index is 12.5. The van der Waals surface area contributed by atoms with Gasteiger partial charge in [0.15, 0.2) is 6.61 Å². The van der Waals surface area contributed by atoms with Crippen molar-refractivity contribution in [1.82, 2.24) is 5.43 Å². The number of carbonyl (C=O) groups excluding carboxylic acids is 2. The first-order chi connectivity index (χ1) is 18.7. The number of ether oxygens (including phenoxy) is 1. The summed E-state index contributed by atoms with van der Waals surface area (Å²) in [6.45, 7) is 14.3. The van der Waals surface area contributed by atoms with Crippen molar-refractivity contribution >= 4 is 23.7 Å². The molecule has 0 atom stereocenters. The summed E-state index contributed by atoms with van der Waals surface area (Å²) in [7, 11) is 0. The summed E-state index contributed by atoms with van der Waals surface area (Å²) in [5.41, 5.74) is 7.53. The number of rotatable bonds is 9. The second-order valence-electron chi connectivity index (χ2n) is 12.1. The lowest BCUT2D eigenvalue weighted by Crippen LogP contribution is -2.20. The van der Waals surface area contributed by atoms with E-state index in [2.05, 4.69) is 57.4 Å². The predicted octanol–water partition coefficient (Wildman–Crippen LogP) is 6.40. The maximum atomic E-state index is 12.5. The average Bonchev–Trinajstić information content (AvgIpc) is 2.87. The number of benzene rings is 3. The fourth-order valence-corrected chi connectivity index (χ4v) is 4.11. The highest BCUT2D eigenvalue weighted by Gasteiger charge is 2.26. The summed E-state index contributed by atoms with van der Waals surface area (Å²) in [5, 5.41) is 17.8. The normalized spacial score (nSPS) is 11.9. The van der Waals surface area contributed by atoms with Gasteiger partial charge < -0.3 is 15.2 Å². The number of nitrogens with zero attached hydrogens (tertiary/aromatic N) is 1. The smallest absolute Gasteiger partial charge is 0.262 e. The van der Waals surface area contributed by atoms with Gasteiger partial charge in [-0.3, -0.25) is 9.59 Å². The summed E-state index contributed by atoms with van der Waals surface area (Å²) >= 11 is 0. The van der Waals surface area contributed by atoms with E-state index in [4.69, 9.17) is 4.74 Å². The number of hydrogen-bond donors (Lipinski definition) is 3. The molecule has 0 fully saturated rings. The van der Waals surface area contributed by atoms with Gasteiger partial charge in [0.2, 0.25) is 5.91 Å². The highest BCUT2D eigenvalue weighted by molar-refractivity contribution is 5.91. The van der Waals surface area contributed by atoms with E-state index in [0.717, 1.165) is 33.5 Å². The number of phenolic OH excluding ortho intramolecular Hbond substituents is 1. The van der Waals surface area contributed by atoms with Crippen LogP contribution in [0.1, 0.15) is 75.8 Å². The molecule has 3 aromatic rings. The Morgan fingerprint density at radius 3 is 2.00 bits per heavy atom. The molecule has 0 bridgehead atoms. The molecule has 3 aromatic carbocycles. The Morgan fingerprint density at radius 1 is 0.875 bits per heavy atom. The first-order valence-corrected chi connectivity index (χ1v) is 13.5. The lowest BCUT2D eigenvalue weighted by molar-refractivity contribution is -0.121. The number of hydrazone groups is 1. The van der Waals surface area contributed by atoms with Gasteiger partial charge in [-0.15, -0.1) is 0 Å². The minimum Gasteiger partial charge on any atom is -0.507 e. The second kappa shape index (κ2) is 12.8. The molecule has 0 spiro atoms. The molecular formula is C33H41N3O4. The van der Waals surface area contributed by atoms with Crippen molar-refractivity contribution in [3.8, 4) is 11.5 Å². The van der Waals surface area contributed by atoms with Gasteiger partial charge in [0.25, 0.3) is 5.91 Å². The van der Waals surface area contributed by atoms with Crippen molar-refractivity contribution in [3.05, 3.63) is 88.5 Å². The van der Waals surface area contributed by atoms with Crippen LogP contribution < -0.4 is 15.5 Å². The van der Waals surface area contributed by atoms with Gasteiger partial charge in [-0.05, 0) is 82.8 Å². The Bertz CT molecular complexity index is 1310. The number of hydrogen-bond acceptors (Lipinski definition) is 5. The zero-order valence-electron chi connectivity index (χ0n) is 24.6. The van der Waals surface area contributed by atoms with Gasteiger partial charge in [0, 0.05) is 12.1 Å². The van der Waals surface area contributed by atoms with Crippen LogP contribution in [-0.4, -0.2) is 29.7 Å². The first kappa shape index (κ1) is 30.4. The number of aromatic hydroxyl groups is 1. The maximum Gasteiger partial charge on any atom is 0.262 e. The highest BCUT2D eigenvalue weighted by atomic mass is 16.5. The molecular weight excluding hydrogens is 502 g/mol. The van der Waals surface area contributed by atoms with E-state index in [1.165, 1.54) is 0 Å². The van der Waals surface area contributed by atoms with Crippen molar-refractivity contribution in [2.24, 2.45) is 5.10 Å². The molecule has 0 unspecified atom stereocenters. The molecule has 0 radical (unpaired) electrons. The van der Waals surface area contributed by atoms with Crippen LogP contribution in [0.4, 0.5) is 5.69 Å². The van der Waals surface area contributed by atoms with Gasteiger partial charge in [0.1, 0.15) is 11.5 Å². The van der Waals surface area contributed by atoms with E-state index in [1.54, 1.807) is 30.5 Å². The van der Waals surface area contributed by atoms with Crippen molar-refractivity contribution in [2.75, 3.05) is 11.9 Å². The highest BCUT2D eigenvalue weighted by Crippen LogP contribution is 2.40. The molecule has 3 rings (SSSR count). The van der Waals surface area contributed by atoms with Gasteiger partial charge in [0.05, 0.1) is 6.21 Å². The van der Waals surface area contributed by atoms with E-state index < -0.39 is 0 Å². The molecule has 7 heteroatoms. The Labute approximate surface area is 237 Å². The zero-order valence-corrected chi connectivity index (χ0v) is 24.6. The van der Waals surface area contributed by atoms with Crippen molar-refractivity contribution in [1.29, 1.82) is 0 Å². The van der Waals surface area contributed by atoms with E-state index >= 15 is 0 Å². The van der Waals surface area contributed by atoms with Gasteiger partial charge >= 0.3 is 0 Å². The molecule has 3 N–H and O–H groups in total. The number of amides is 2. The standard InChI is InChI=1S/C33H41N3O4/c1-22-8-13-25(14-9-22)35-30(38)21-40-26-15-10-23(11-16-26)20-34-36-29(37)17-12-24-18-27(32(2,3)4)31(39)28(19-24)33(5,6)7/h8-11,13-16,18-20,39H,12,17,21H2,1-7H3,(H,35,38)(H,36,37)/b34-20-.